The average Bonchev–Trinajstić information content (AvgIpc) is 2.63. The van der Waals surface area contributed by atoms with E-state index >= 15 is 0 Å². The van der Waals surface area contributed by atoms with Gasteiger partial charge in [0.15, 0.2) is 0 Å². The van der Waals surface area contributed by atoms with Gasteiger partial charge in [0.05, 0.1) is 6.54 Å². The van der Waals surface area contributed by atoms with Crippen LogP contribution in [0.1, 0.15) is 58.3 Å². The van der Waals surface area contributed by atoms with Crippen LogP contribution in [0.2, 0.25) is 0 Å². The predicted molar refractivity (Wildman–Crippen MR) is 70.0 cm³/mol. The maximum absolute atomic E-state index is 12.1. The van der Waals surface area contributed by atoms with Crippen LogP contribution >= 0.6 is 0 Å². The van der Waals surface area contributed by atoms with Crippen LogP contribution in [0.15, 0.2) is 0 Å². The van der Waals surface area contributed by atoms with E-state index in [2.05, 4.69) is 12.2 Å². The number of hydrogen-bond acceptors (Lipinski definition) is 2. The highest BCUT2D eigenvalue weighted by atomic mass is 16.2. The van der Waals surface area contributed by atoms with Gasteiger partial charge in [-0.15, -0.1) is 0 Å². The van der Waals surface area contributed by atoms with Crippen LogP contribution in [0, 0.1) is 0 Å². The summed E-state index contributed by atoms with van der Waals surface area (Å²) >= 11 is 0. The monoisotopic (exact) mass is 252 g/mol. The lowest BCUT2D eigenvalue weighted by atomic mass is 9.99. The van der Waals surface area contributed by atoms with Gasteiger partial charge in [-0.2, -0.15) is 0 Å². The summed E-state index contributed by atoms with van der Waals surface area (Å²) in [6.45, 7) is 2.26. The van der Waals surface area contributed by atoms with Gasteiger partial charge in [-0.1, -0.05) is 39.0 Å². The van der Waals surface area contributed by atoms with E-state index < -0.39 is 0 Å². The molecule has 1 unspecified atom stereocenters. The number of carbonyl (C=O) groups excluding carboxylic acids is 2. The smallest absolute Gasteiger partial charge is 0.243 e. The van der Waals surface area contributed by atoms with Crippen molar-refractivity contribution in [3.05, 3.63) is 0 Å². The van der Waals surface area contributed by atoms with Crippen LogP contribution in [-0.2, 0) is 9.59 Å². The molecule has 102 valence electrons. The molecule has 1 saturated carbocycles. The zero-order valence-electron chi connectivity index (χ0n) is 11.3. The van der Waals surface area contributed by atoms with Crippen molar-refractivity contribution in [2.24, 2.45) is 0 Å². The Morgan fingerprint density at radius 2 is 1.83 bits per heavy atom. The molecule has 0 spiro atoms. The number of hydrogen-bond donors (Lipinski definition) is 1. The molecule has 2 fully saturated rings. The second-order valence-corrected chi connectivity index (χ2v) is 5.47. The summed E-state index contributed by atoms with van der Waals surface area (Å²) < 4.78 is 0. The molecule has 18 heavy (non-hydrogen) atoms. The third-order valence-electron chi connectivity index (χ3n) is 4.12. The van der Waals surface area contributed by atoms with E-state index in [0.29, 0.717) is 6.04 Å². The van der Waals surface area contributed by atoms with Crippen LogP contribution in [0.25, 0.3) is 0 Å². The van der Waals surface area contributed by atoms with Gasteiger partial charge in [0.25, 0.3) is 0 Å². The molecule has 1 N–H and O–H groups in total. The van der Waals surface area contributed by atoms with Crippen molar-refractivity contribution < 1.29 is 9.59 Å². The first-order chi connectivity index (χ1) is 8.74. The van der Waals surface area contributed by atoms with Gasteiger partial charge in [-0.25, -0.2) is 0 Å². The minimum atomic E-state index is -0.223. The first kappa shape index (κ1) is 13.4. The number of amides is 2. The van der Waals surface area contributed by atoms with E-state index in [4.69, 9.17) is 0 Å². The van der Waals surface area contributed by atoms with Gasteiger partial charge in [-0.05, 0) is 19.3 Å². The second kappa shape index (κ2) is 6.21. The van der Waals surface area contributed by atoms with Gasteiger partial charge in [0.2, 0.25) is 11.8 Å². The minimum Gasteiger partial charge on any atom is -0.345 e. The quantitative estimate of drug-likeness (QED) is 0.779. The molecule has 1 atom stereocenters. The molecule has 4 heteroatoms. The van der Waals surface area contributed by atoms with E-state index in [1.54, 1.807) is 0 Å². The average molecular weight is 252 g/mol. The minimum absolute atomic E-state index is 0.0423. The molecule has 0 bridgehead atoms. The van der Waals surface area contributed by atoms with Crippen molar-refractivity contribution in [1.29, 1.82) is 0 Å². The summed E-state index contributed by atoms with van der Waals surface area (Å²) in [6, 6.07) is 0.0712. The van der Waals surface area contributed by atoms with Crippen molar-refractivity contribution >= 4 is 11.8 Å². The predicted octanol–water partition coefficient (Wildman–Crippen LogP) is 1.84. The first-order valence-electron chi connectivity index (χ1n) is 7.33. The highest BCUT2D eigenvalue weighted by Gasteiger charge is 2.37. The molecule has 1 heterocycles. The Kier molecular flexibility index (Phi) is 4.61. The third kappa shape index (κ3) is 2.85. The maximum atomic E-state index is 12.1. The van der Waals surface area contributed by atoms with Gasteiger partial charge in [0.1, 0.15) is 6.04 Å². The van der Waals surface area contributed by atoms with Gasteiger partial charge < -0.3 is 10.2 Å². The molecule has 1 aliphatic heterocycles. The van der Waals surface area contributed by atoms with E-state index in [-0.39, 0.29) is 24.4 Å². The van der Waals surface area contributed by atoms with Crippen LogP contribution < -0.4 is 5.32 Å². The summed E-state index contributed by atoms with van der Waals surface area (Å²) in [6.07, 6.45) is 8.78. The fourth-order valence-corrected chi connectivity index (χ4v) is 3.21. The number of piperazine rings is 1. The van der Waals surface area contributed by atoms with Crippen molar-refractivity contribution in [3.63, 3.8) is 0 Å². The topological polar surface area (TPSA) is 49.4 Å². The Bertz CT molecular complexity index is 309. The Morgan fingerprint density at radius 3 is 2.44 bits per heavy atom. The number of nitrogens with one attached hydrogen (secondary N) is 1. The Labute approximate surface area is 109 Å². The number of nitrogens with zero attached hydrogens (tertiary/aromatic N) is 1. The van der Waals surface area contributed by atoms with E-state index in [0.717, 1.165) is 25.7 Å². The molecule has 0 aromatic heterocycles. The lowest BCUT2D eigenvalue weighted by molar-refractivity contribution is -0.149. The second-order valence-electron chi connectivity index (χ2n) is 5.47. The third-order valence-corrected chi connectivity index (χ3v) is 4.12. The molecule has 1 aliphatic carbocycles. The largest absolute Gasteiger partial charge is 0.345 e. The van der Waals surface area contributed by atoms with Crippen molar-refractivity contribution in [1.82, 2.24) is 10.2 Å². The zero-order valence-corrected chi connectivity index (χ0v) is 11.3. The summed E-state index contributed by atoms with van der Waals surface area (Å²) in [5.74, 6) is 0.153. The highest BCUT2D eigenvalue weighted by molar-refractivity contribution is 5.95. The van der Waals surface area contributed by atoms with Crippen molar-refractivity contribution in [2.75, 3.05) is 6.54 Å². The van der Waals surface area contributed by atoms with Gasteiger partial charge >= 0.3 is 0 Å². The Balaban J connectivity index is 2.12. The normalized spacial score (nSPS) is 26.9. The summed E-state index contributed by atoms with van der Waals surface area (Å²) in [5, 5.41) is 2.72. The SMILES string of the molecule is CCCC1C(=O)NCC(=O)N1C1CCCCCC1. The van der Waals surface area contributed by atoms with Crippen molar-refractivity contribution in [2.45, 2.75) is 70.4 Å². The van der Waals surface area contributed by atoms with Gasteiger partial charge in [-0.3, -0.25) is 9.59 Å². The molecular weight excluding hydrogens is 228 g/mol. The molecule has 4 nitrogen and oxygen atoms in total. The van der Waals surface area contributed by atoms with Gasteiger partial charge in [0, 0.05) is 6.04 Å². The fraction of sp³-hybridized carbons (Fsp3) is 0.857. The lowest BCUT2D eigenvalue weighted by Crippen LogP contribution is -2.61. The molecule has 0 radical (unpaired) electrons. The first-order valence-corrected chi connectivity index (χ1v) is 7.33. The molecule has 1 saturated heterocycles. The maximum Gasteiger partial charge on any atom is 0.243 e. The van der Waals surface area contributed by atoms with Crippen LogP contribution in [-0.4, -0.2) is 35.3 Å². The molecule has 0 aromatic carbocycles. The Hall–Kier alpha value is -1.06. The van der Waals surface area contributed by atoms with Crippen LogP contribution in [0.3, 0.4) is 0 Å². The lowest BCUT2D eigenvalue weighted by Gasteiger charge is -2.40. The number of carbonyl (C=O) groups is 2. The fourth-order valence-electron chi connectivity index (χ4n) is 3.21. The molecule has 2 aliphatic rings. The van der Waals surface area contributed by atoms with Crippen LogP contribution in [0.5, 0.6) is 0 Å². The summed E-state index contributed by atoms with van der Waals surface area (Å²) in [5.41, 5.74) is 0. The summed E-state index contributed by atoms with van der Waals surface area (Å²) in [7, 11) is 0. The standard InChI is InChI=1S/C14H24N2O2/c1-2-7-12-14(18)15-10-13(17)16(12)11-8-5-3-4-6-9-11/h11-12H,2-10H2,1H3,(H,15,18). The van der Waals surface area contributed by atoms with E-state index in [9.17, 15) is 9.59 Å². The highest BCUT2D eigenvalue weighted by Crippen LogP contribution is 2.26. The molecule has 2 rings (SSSR count). The summed E-state index contributed by atoms with van der Waals surface area (Å²) in [4.78, 5) is 26.0. The Morgan fingerprint density at radius 1 is 1.17 bits per heavy atom. The van der Waals surface area contributed by atoms with Crippen molar-refractivity contribution in [3.8, 4) is 0 Å². The number of rotatable bonds is 3. The van der Waals surface area contributed by atoms with Crippen LogP contribution in [0.4, 0.5) is 0 Å². The molecular formula is C14H24N2O2. The van der Waals surface area contributed by atoms with E-state index in [1.165, 1.54) is 25.7 Å². The molecule has 0 aromatic rings. The zero-order chi connectivity index (χ0) is 13.0. The van der Waals surface area contributed by atoms with E-state index in [1.807, 2.05) is 4.90 Å². The molecule has 2 amide bonds.